The van der Waals surface area contributed by atoms with Gasteiger partial charge in [0.15, 0.2) is 5.78 Å². The van der Waals surface area contributed by atoms with Gasteiger partial charge in [0.2, 0.25) is 0 Å². The molecule has 0 saturated heterocycles. The first-order valence-electron chi connectivity index (χ1n) is 9.97. The highest BCUT2D eigenvalue weighted by Gasteiger charge is 2.59. The molecule has 1 aromatic carbocycles. The summed E-state index contributed by atoms with van der Waals surface area (Å²) < 4.78 is 0. The third-order valence-electron chi connectivity index (χ3n) is 6.31. The van der Waals surface area contributed by atoms with E-state index in [0.717, 1.165) is 18.4 Å². The molecule has 1 heteroatoms. The van der Waals surface area contributed by atoms with Crippen LogP contribution in [0.1, 0.15) is 58.9 Å². The zero-order valence-electron chi connectivity index (χ0n) is 16.7. The van der Waals surface area contributed by atoms with Crippen molar-refractivity contribution in [2.24, 2.45) is 23.2 Å². The Bertz CT molecular complexity index is 733. The quantitative estimate of drug-likeness (QED) is 0.441. The second kappa shape index (κ2) is 7.78. The van der Waals surface area contributed by atoms with Crippen LogP contribution >= 0.6 is 0 Å². The molecule has 0 bridgehead atoms. The number of carbonyl (C=O) groups is 1. The highest BCUT2D eigenvalue weighted by Crippen LogP contribution is 2.64. The molecule has 0 radical (unpaired) electrons. The van der Waals surface area contributed by atoms with Crippen LogP contribution in [0.25, 0.3) is 6.08 Å². The summed E-state index contributed by atoms with van der Waals surface area (Å²) in [5.74, 6) is 1.95. The third-order valence-corrected chi connectivity index (χ3v) is 6.31. The monoisotopic (exact) mass is 348 g/mol. The molecule has 3 atom stereocenters. The van der Waals surface area contributed by atoms with Crippen LogP contribution in [0, 0.1) is 23.2 Å². The number of hydrogen-bond donors (Lipinski definition) is 0. The van der Waals surface area contributed by atoms with E-state index >= 15 is 0 Å². The topological polar surface area (TPSA) is 17.1 Å². The molecule has 1 saturated carbocycles. The van der Waals surface area contributed by atoms with Gasteiger partial charge in [-0.3, -0.25) is 4.79 Å². The van der Waals surface area contributed by atoms with E-state index in [2.05, 4.69) is 39.8 Å². The van der Waals surface area contributed by atoms with E-state index in [1.807, 2.05) is 36.4 Å². The average molecular weight is 349 g/mol. The molecule has 2 aliphatic rings. The minimum atomic E-state index is 0.255. The SMILES string of the molecule is C/C1=C\[C@H]2[C@H]([C@@H](CC(=O)/C=C/c3ccccc3)C/C(C)=C/CC1)C2(C)C. The van der Waals surface area contributed by atoms with Crippen LogP contribution in [-0.2, 0) is 4.79 Å². The average Bonchev–Trinajstić information content (AvgIpc) is 3.13. The molecule has 0 amide bonds. The van der Waals surface area contributed by atoms with Gasteiger partial charge in [-0.2, -0.15) is 0 Å². The van der Waals surface area contributed by atoms with E-state index in [9.17, 15) is 4.79 Å². The molecular weight excluding hydrogens is 316 g/mol. The summed E-state index contributed by atoms with van der Waals surface area (Å²) in [6.45, 7) is 9.25. The predicted octanol–water partition coefficient (Wildman–Crippen LogP) is 6.62. The van der Waals surface area contributed by atoms with E-state index in [0.29, 0.717) is 29.6 Å². The van der Waals surface area contributed by atoms with Crippen molar-refractivity contribution in [1.82, 2.24) is 0 Å². The van der Waals surface area contributed by atoms with Gasteiger partial charge >= 0.3 is 0 Å². The van der Waals surface area contributed by atoms with Gasteiger partial charge in [-0.1, -0.05) is 73.6 Å². The van der Waals surface area contributed by atoms with Crippen LogP contribution < -0.4 is 0 Å². The lowest BCUT2D eigenvalue weighted by atomic mass is 9.86. The van der Waals surface area contributed by atoms with Crippen molar-refractivity contribution >= 4 is 11.9 Å². The van der Waals surface area contributed by atoms with Gasteiger partial charge in [0.25, 0.3) is 0 Å². The molecule has 0 aliphatic heterocycles. The maximum absolute atomic E-state index is 12.7. The third kappa shape index (κ3) is 4.44. The lowest BCUT2D eigenvalue weighted by molar-refractivity contribution is -0.115. The van der Waals surface area contributed by atoms with Gasteiger partial charge in [-0.15, -0.1) is 0 Å². The molecule has 0 spiro atoms. The number of carbonyl (C=O) groups excluding carboxylic acids is 1. The van der Waals surface area contributed by atoms with Gasteiger partial charge in [0.1, 0.15) is 0 Å². The first kappa shape index (κ1) is 18.9. The number of allylic oxidation sites excluding steroid dienone is 5. The number of hydrogen-bond acceptors (Lipinski definition) is 1. The number of ketones is 1. The molecule has 2 aliphatic carbocycles. The minimum absolute atomic E-state index is 0.255. The predicted molar refractivity (Wildman–Crippen MR) is 111 cm³/mol. The summed E-state index contributed by atoms with van der Waals surface area (Å²) >= 11 is 0. The summed E-state index contributed by atoms with van der Waals surface area (Å²) in [5.41, 5.74) is 4.36. The lowest BCUT2D eigenvalue weighted by Crippen LogP contribution is -2.13. The Morgan fingerprint density at radius 2 is 1.88 bits per heavy atom. The molecular formula is C25H32O. The normalized spacial score (nSPS) is 32.1. The van der Waals surface area contributed by atoms with Gasteiger partial charge in [0, 0.05) is 6.42 Å². The van der Waals surface area contributed by atoms with Crippen molar-refractivity contribution in [3.8, 4) is 0 Å². The maximum Gasteiger partial charge on any atom is 0.156 e. The number of rotatable bonds is 4. The summed E-state index contributed by atoms with van der Waals surface area (Å²) in [4.78, 5) is 12.7. The molecule has 26 heavy (non-hydrogen) atoms. The van der Waals surface area contributed by atoms with Crippen LogP contribution in [-0.4, -0.2) is 5.78 Å². The van der Waals surface area contributed by atoms with Crippen molar-refractivity contribution < 1.29 is 4.79 Å². The van der Waals surface area contributed by atoms with Crippen molar-refractivity contribution in [2.45, 2.75) is 53.4 Å². The second-order valence-corrected chi connectivity index (χ2v) is 8.85. The van der Waals surface area contributed by atoms with Crippen LogP contribution in [0.5, 0.6) is 0 Å². The summed E-state index contributed by atoms with van der Waals surface area (Å²) in [7, 11) is 0. The first-order chi connectivity index (χ1) is 12.4. The molecule has 0 N–H and O–H groups in total. The van der Waals surface area contributed by atoms with Crippen molar-refractivity contribution in [1.29, 1.82) is 0 Å². The highest BCUT2D eigenvalue weighted by atomic mass is 16.1. The molecule has 3 rings (SSSR count). The molecule has 1 fully saturated rings. The minimum Gasteiger partial charge on any atom is -0.295 e. The maximum atomic E-state index is 12.7. The molecule has 0 aromatic heterocycles. The van der Waals surface area contributed by atoms with Crippen molar-refractivity contribution in [3.05, 3.63) is 65.3 Å². The van der Waals surface area contributed by atoms with Gasteiger partial charge in [-0.25, -0.2) is 0 Å². The van der Waals surface area contributed by atoms with Crippen LogP contribution in [0.15, 0.2) is 59.7 Å². The Morgan fingerprint density at radius 3 is 2.62 bits per heavy atom. The molecule has 1 aromatic rings. The van der Waals surface area contributed by atoms with Crippen LogP contribution in [0.3, 0.4) is 0 Å². The Labute approximate surface area is 158 Å². The van der Waals surface area contributed by atoms with E-state index in [1.165, 1.54) is 17.6 Å². The first-order valence-corrected chi connectivity index (χ1v) is 9.97. The smallest absolute Gasteiger partial charge is 0.156 e. The zero-order chi connectivity index (χ0) is 18.7. The van der Waals surface area contributed by atoms with Gasteiger partial charge < -0.3 is 0 Å². The molecule has 0 heterocycles. The lowest BCUT2D eigenvalue weighted by Gasteiger charge is -2.18. The van der Waals surface area contributed by atoms with Gasteiger partial charge in [-0.05, 0) is 67.9 Å². The van der Waals surface area contributed by atoms with E-state index < -0.39 is 0 Å². The van der Waals surface area contributed by atoms with Crippen molar-refractivity contribution in [2.75, 3.05) is 0 Å². The zero-order valence-corrected chi connectivity index (χ0v) is 16.7. The summed E-state index contributed by atoms with van der Waals surface area (Å²) in [6.07, 6.45) is 12.6. The Balaban J connectivity index is 1.74. The van der Waals surface area contributed by atoms with E-state index in [4.69, 9.17) is 0 Å². The van der Waals surface area contributed by atoms with Crippen LogP contribution in [0.2, 0.25) is 0 Å². The van der Waals surface area contributed by atoms with Crippen molar-refractivity contribution in [3.63, 3.8) is 0 Å². The number of fused-ring (bicyclic) bond motifs is 1. The fourth-order valence-electron chi connectivity index (χ4n) is 4.78. The molecule has 0 unspecified atom stereocenters. The Morgan fingerprint density at radius 1 is 1.15 bits per heavy atom. The highest BCUT2D eigenvalue weighted by molar-refractivity contribution is 5.93. The number of benzene rings is 1. The summed E-state index contributed by atoms with van der Waals surface area (Å²) in [6, 6.07) is 10.1. The fourth-order valence-corrected chi connectivity index (χ4v) is 4.78. The largest absolute Gasteiger partial charge is 0.295 e. The summed E-state index contributed by atoms with van der Waals surface area (Å²) in [5, 5.41) is 0. The Hall–Kier alpha value is -1.89. The second-order valence-electron chi connectivity index (χ2n) is 8.85. The standard InChI is InChI=1S/C25H32O/c1-18-9-8-10-19(2)16-23-24(25(23,3)4)21(15-18)17-22(26)14-13-20-11-6-5-7-12-20/h5-7,9,11-14,16,21,23-24H,8,10,15,17H2,1-4H3/b14-13+,18-9+,19-16+/t21-,23+,24+/m1/s1. The van der Waals surface area contributed by atoms with Gasteiger partial charge in [0.05, 0.1) is 0 Å². The van der Waals surface area contributed by atoms with E-state index in [1.54, 1.807) is 6.08 Å². The molecule has 138 valence electrons. The Kier molecular flexibility index (Phi) is 5.65. The van der Waals surface area contributed by atoms with Crippen LogP contribution in [0.4, 0.5) is 0 Å². The fraction of sp³-hybridized carbons (Fsp3) is 0.480. The van der Waals surface area contributed by atoms with E-state index in [-0.39, 0.29) is 5.78 Å². The molecule has 1 nitrogen and oxygen atoms in total.